The van der Waals surface area contributed by atoms with Crippen molar-refractivity contribution in [2.75, 3.05) is 7.11 Å². The summed E-state index contributed by atoms with van der Waals surface area (Å²) in [6.45, 7) is 0.228. The summed E-state index contributed by atoms with van der Waals surface area (Å²) < 4.78 is 4.81. The van der Waals surface area contributed by atoms with Crippen LogP contribution < -0.4 is 0 Å². The first-order valence-corrected chi connectivity index (χ1v) is 8.03. The molecule has 0 saturated heterocycles. The fraction of sp³-hybridized carbons (Fsp3) is 0.235. The number of hydrogen-bond acceptors (Lipinski definition) is 5. The molecule has 0 saturated carbocycles. The Morgan fingerprint density at radius 2 is 1.87 bits per heavy atom. The summed E-state index contributed by atoms with van der Waals surface area (Å²) in [6, 6.07) is 10.1. The van der Waals surface area contributed by atoms with Crippen LogP contribution in [-0.2, 0) is 27.3 Å². The number of Topliss-reactive ketones (excluding diaryl/α,β-unsaturated/α-hetero) is 1. The van der Waals surface area contributed by atoms with E-state index in [9.17, 15) is 14.4 Å². The minimum absolute atomic E-state index is 0.228. The van der Waals surface area contributed by atoms with Crippen molar-refractivity contribution in [2.24, 2.45) is 0 Å². The van der Waals surface area contributed by atoms with Crippen LogP contribution in [0.5, 0.6) is 0 Å². The van der Waals surface area contributed by atoms with Gasteiger partial charge in [-0.3, -0.25) is 9.59 Å². The molecular weight excluding hydrogens is 314 g/mol. The summed E-state index contributed by atoms with van der Waals surface area (Å²) in [5.41, 5.74) is 1.94. The number of amides is 1. The van der Waals surface area contributed by atoms with Gasteiger partial charge in [0, 0.05) is 13.0 Å². The van der Waals surface area contributed by atoms with E-state index in [1.54, 1.807) is 17.5 Å². The van der Waals surface area contributed by atoms with Crippen molar-refractivity contribution in [3.8, 4) is 0 Å². The van der Waals surface area contributed by atoms with E-state index in [4.69, 9.17) is 4.74 Å². The molecule has 1 aliphatic rings. The summed E-state index contributed by atoms with van der Waals surface area (Å²) in [4.78, 5) is 38.7. The van der Waals surface area contributed by atoms with E-state index in [2.05, 4.69) is 0 Å². The molecular formula is C17H15NO4S. The maximum Gasteiger partial charge on any atom is 0.328 e. The summed E-state index contributed by atoms with van der Waals surface area (Å²) in [5.74, 6) is -1.77. The second-order valence-electron chi connectivity index (χ2n) is 5.25. The Balaban J connectivity index is 1.93. The maximum atomic E-state index is 12.6. The Bertz CT molecular complexity index is 754. The van der Waals surface area contributed by atoms with Crippen molar-refractivity contribution in [2.45, 2.75) is 19.0 Å². The lowest BCUT2D eigenvalue weighted by molar-refractivity contribution is -0.152. The van der Waals surface area contributed by atoms with Gasteiger partial charge in [0.15, 0.2) is 0 Å². The summed E-state index contributed by atoms with van der Waals surface area (Å²) in [6.07, 6.45) is 0.353. The van der Waals surface area contributed by atoms with Crippen molar-refractivity contribution in [3.63, 3.8) is 0 Å². The molecule has 118 valence electrons. The van der Waals surface area contributed by atoms with Gasteiger partial charge < -0.3 is 9.64 Å². The van der Waals surface area contributed by atoms with Gasteiger partial charge in [0.2, 0.25) is 0 Å². The Labute approximate surface area is 137 Å². The first-order valence-electron chi connectivity index (χ1n) is 7.15. The lowest BCUT2D eigenvalue weighted by Crippen LogP contribution is -2.51. The van der Waals surface area contributed by atoms with Gasteiger partial charge in [-0.15, -0.1) is 11.3 Å². The molecule has 0 bridgehead atoms. The van der Waals surface area contributed by atoms with E-state index in [-0.39, 0.29) is 6.54 Å². The Hall–Kier alpha value is -2.47. The zero-order valence-electron chi connectivity index (χ0n) is 12.5. The van der Waals surface area contributed by atoms with Crippen LogP contribution in [-0.4, -0.2) is 35.7 Å². The van der Waals surface area contributed by atoms with Crippen molar-refractivity contribution < 1.29 is 19.1 Å². The number of esters is 1. The molecule has 23 heavy (non-hydrogen) atoms. The van der Waals surface area contributed by atoms with Gasteiger partial charge in [-0.05, 0) is 22.6 Å². The van der Waals surface area contributed by atoms with Crippen molar-refractivity contribution in [1.29, 1.82) is 0 Å². The zero-order chi connectivity index (χ0) is 16.4. The maximum absolute atomic E-state index is 12.6. The zero-order valence-corrected chi connectivity index (χ0v) is 13.3. The van der Waals surface area contributed by atoms with E-state index < -0.39 is 23.7 Å². The molecule has 2 aromatic rings. The van der Waals surface area contributed by atoms with Crippen LogP contribution in [0.2, 0.25) is 0 Å². The summed E-state index contributed by atoms with van der Waals surface area (Å²) in [7, 11) is 1.28. The topological polar surface area (TPSA) is 63.7 Å². The van der Waals surface area contributed by atoms with Crippen LogP contribution in [0.25, 0.3) is 0 Å². The fourth-order valence-electron chi connectivity index (χ4n) is 2.73. The average Bonchev–Trinajstić information content (AvgIpc) is 3.13. The number of carbonyl (C=O) groups excluding carboxylic acids is 3. The van der Waals surface area contributed by atoms with Crippen LogP contribution in [0, 0.1) is 0 Å². The molecule has 0 aliphatic carbocycles. The van der Waals surface area contributed by atoms with Crippen molar-refractivity contribution >= 4 is 29.0 Å². The number of hydrogen-bond donors (Lipinski definition) is 0. The molecule has 1 aromatic heterocycles. The van der Waals surface area contributed by atoms with Crippen molar-refractivity contribution in [1.82, 2.24) is 4.90 Å². The van der Waals surface area contributed by atoms with E-state index in [0.29, 0.717) is 11.3 Å². The molecule has 0 radical (unpaired) electrons. The first-order chi connectivity index (χ1) is 11.1. The van der Waals surface area contributed by atoms with Crippen molar-refractivity contribution in [3.05, 3.63) is 57.8 Å². The molecule has 2 heterocycles. The molecule has 0 spiro atoms. The van der Waals surface area contributed by atoms with Gasteiger partial charge in [-0.1, -0.05) is 30.3 Å². The lowest BCUT2D eigenvalue weighted by Gasteiger charge is -2.34. The Morgan fingerprint density at radius 3 is 2.52 bits per heavy atom. The van der Waals surface area contributed by atoms with Gasteiger partial charge in [-0.25, -0.2) is 4.79 Å². The first kappa shape index (κ1) is 15.4. The Morgan fingerprint density at radius 1 is 1.13 bits per heavy atom. The number of ether oxygens (including phenoxy) is 1. The second-order valence-corrected chi connectivity index (χ2v) is 6.20. The highest BCUT2D eigenvalue weighted by Gasteiger charge is 2.38. The number of ketones is 1. The lowest BCUT2D eigenvalue weighted by atomic mass is 9.93. The highest BCUT2D eigenvalue weighted by Crippen LogP contribution is 2.25. The standard InChI is InChI=1S/C17H15NO4S/c1-22-17(21)13-9-11-5-2-3-6-12(11)10-18(13)16(20)15(19)14-7-4-8-23-14/h2-8,13H,9-10H2,1H3. The van der Waals surface area contributed by atoms with Crippen LogP contribution in [0.3, 0.4) is 0 Å². The third kappa shape index (κ3) is 2.90. The fourth-order valence-corrected chi connectivity index (χ4v) is 3.38. The number of methoxy groups -OCH3 is 1. The molecule has 0 fully saturated rings. The molecule has 1 aromatic carbocycles. The van der Waals surface area contributed by atoms with E-state index in [1.165, 1.54) is 23.3 Å². The van der Waals surface area contributed by atoms with Gasteiger partial charge in [-0.2, -0.15) is 0 Å². The summed E-state index contributed by atoms with van der Waals surface area (Å²) >= 11 is 1.21. The van der Waals surface area contributed by atoms with Gasteiger partial charge in [0.25, 0.3) is 11.7 Å². The normalized spacial score (nSPS) is 16.6. The number of benzene rings is 1. The monoisotopic (exact) mass is 329 g/mol. The predicted molar refractivity (Wildman–Crippen MR) is 85.1 cm³/mol. The SMILES string of the molecule is COC(=O)C1Cc2ccccc2CN1C(=O)C(=O)c1cccs1. The van der Waals surface area contributed by atoms with Gasteiger partial charge >= 0.3 is 5.97 Å². The minimum Gasteiger partial charge on any atom is -0.467 e. The predicted octanol–water partition coefficient (Wildman–Crippen LogP) is 2.06. The number of fused-ring (bicyclic) bond motifs is 1. The largest absolute Gasteiger partial charge is 0.467 e. The summed E-state index contributed by atoms with van der Waals surface area (Å²) in [5, 5.41) is 1.74. The molecule has 6 heteroatoms. The number of thiophene rings is 1. The minimum atomic E-state index is -0.772. The van der Waals surface area contributed by atoms with E-state index >= 15 is 0 Å². The molecule has 0 N–H and O–H groups in total. The highest BCUT2D eigenvalue weighted by atomic mass is 32.1. The second kappa shape index (κ2) is 6.34. The van der Waals surface area contributed by atoms with Crippen LogP contribution in [0.15, 0.2) is 41.8 Å². The molecule has 1 aliphatic heterocycles. The van der Waals surface area contributed by atoms with Crippen LogP contribution in [0.1, 0.15) is 20.8 Å². The van der Waals surface area contributed by atoms with Gasteiger partial charge in [0.1, 0.15) is 6.04 Å². The number of nitrogens with zero attached hydrogens (tertiary/aromatic N) is 1. The number of carbonyl (C=O) groups is 3. The quantitative estimate of drug-likeness (QED) is 0.491. The third-order valence-electron chi connectivity index (χ3n) is 3.92. The van der Waals surface area contributed by atoms with E-state index in [1.807, 2.05) is 24.3 Å². The van der Waals surface area contributed by atoms with E-state index in [0.717, 1.165) is 11.1 Å². The smallest absolute Gasteiger partial charge is 0.328 e. The highest BCUT2D eigenvalue weighted by molar-refractivity contribution is 7.13. The molecule has 3 rings (SSSR count). The number of rotatable bonds is 3. The average molecular weight is 329 g/mol. The molecule has 1 unspecified atom stereocenters. The molecule has 5 nitrogen and oxygen atoms in total. The Kier molecular flexibility index (Phi) is 4.25. The molecule has 1 atom stereocenters. The molecule has 1 amide bonds. The van der Waals surface area contributed by atoms with Gasteiger partial charge in [0.05, 0.1) is 12.0 Å². The van der Waals surface area contributed by atoms with Crippen LogP contribution in [0.4, 0.5) is 0 Å². The third-order valence-corrected chi connectivity index (χ3v) is 4.79. The van der Waals surface area contributed by atoms with Crippen LogP contribution >= 0.6 is 11.3 Å².